The number of para-hydroxylation sites is 2. The maximum absolute atomic E-state index is 11.8. The molecule has 0 saturated heterocycles. The van der Waals surface area contributed by atoms with Crippen molar-refractivity contribution in [2.75, 3.05) is 4.90 Å². The van der Waals surface area contributed by atoms with Crippen molar-refractivity contribution in [2.45, 2.75) is 0 Å². The molecular weight excluding hydrogens is 428 g/mol. The third kappa shape index (κ3) is 5.05. The summed E-state index contributed by atoms with van der Waals surface area (Å²) in [5.74, 6) is -4.12. The number of hydrogen-bond donors (Lipinski definition) is 4. The number of rotatable bonds is 3. The third-order valence-electron chi connectivity index (χ3n) is 4.69. The van der Waals surface area contributed by atoms with Crippen LogP contribution in [0.15, 0.2) is 66.7 Å². The first-order valence-corrected chi connectivity index (χ1v) is 9.49. The van der Waals surface area contributed by atoms with Crippen molar-refractivity contribution in [3.05, 3.63) is 94.5 Å². The number of fused-ring (bicyclic) bond motifs is 2. The highest BCUT2D eigenvalue weighted by Gasteiger charge is 2.21. The van der Waals surface area contributed by atoms with Crippen molar-refractivity contribution in [1.82, 2.24) is 0 Å². The van der Waals surface area contributed by atoms with Crippen LogP contribution < -0.4 is 10.6 Å². The number of nitrogens with two attached hydrogens (primary N) is 1. The molecule has 0 spiro atoms. The molecule has 33 heavy (non-hydrogen) atoms. The van der Waals surface area contributed by atoms with Gasteiger partial charge in [-0.2, -0.15) is 0 Å². The number of aromatic carboxylic acids is 3. The number of nitrogens with zero attached hydrogens (tertiary/aromatic N) is 1. The highest BCUT2D eigenvalue weighted by Crippen LogP contribution is 2.35. The quantitative estimate of drug-likeness (QED) is 0.470. The molecule has 4 rings (SSSR count). The lowest BCUT2D eigenvalue weighted by molar-refractivity contribution is 0.0696. The fourth-order valence-electron chi connectivity index (χ4n) is 3.21. The zero-order valence-electron chi connectivity index (χ0n) is 17.0. The van der Waals surface area contributed by atoms with Gasteiger partial charge >= 0.3 is 23.9 Å². The first-order chi connectivity index (χ1) is 15.7. The number of anilines is 2. The van der Waals surface area contributed by atoms with E-state index >= 15 is 0 Å². The number of carbonyl (C=O) groups excluding carboxylic acids is 1. The van der Waals surface area contributed by atoms with Crippen molar-refractivity contribution in [3.8, 4) is 0 Å². The fourth-order valence-corrected chi connectivity index (χ4v) is 3.21. The van der Waals surface area contributed by atoms with Crippen molar-refractivity contribution in [2.24, 2.45) is 5.73 Å². The molecule has 1 heterocycles. The van der Waals surface area contributed by atoms with Crippen molar-refractivity contribution in [1.29, 1.82) is 0 Å². The van der Waals surface area contributed by atoms with E-state index in [1.165, 1.54) is 0 Å². The van der Waals surface area contributed by atoms with Gasteiger partial charge < -0.3 is 21.1 Å². The van der Waals surface area contributed by atoms with Gasteiger partial charge in [0.2, 0.25) is 0 Å². The minimum Gasteiger partial charge on any atom is -0.478 e. The Labute approximate surface area is 187 Å². The Morgan fingerprint density at radius 2 is 0.939 bits per heavy atom. The minimum absolute atomic E-state index is 0.368. The van der Waals surface area contributed by atoms with Crippen LogP contribution in [0.3, 0.4) is 0 Å². The van der Waals surface area contributed by atoms with Gasteiger partial charge in [-0.25, -0.2) is 19.2 Å². The van der Waals surface area contributed by atoms with Crippen molar-refractivity contribution in [3.63, 3.8) is 0 Å². The molecule has 9 nitrogen and oxygen atoms in total. The van der Waals surface area contributed by atoms with E-state index in [0.29, 0.717) is 0 Å². The molecule has 0 bridgehead atoms. The van der Waals surface area contributed by atoms with Gasteiger partial charge in [0.25, 0.3) is 0 Å². The second kappa shape index (κ2) is 9.48. The van der Waals surface area contributed by atoms with E-state index in [0.717, 1.165) is 40.7 Å². The fraction of sp³-hybridized carbons (Fsp3) is 0. The SMILES string of the molecule is NC(=O)N1c2ccccc2C=Cc2ccccc21.O=C(O)c1cc(C(=O)O)cc(C(=O)O)c1. The Morgan fingerprint density at radius 1 is 0.606 bits per heavy atom. The summed E-state index contributed by atoms with van der Waals surface area (Å²) < 4.78 is 0. The van der Waals surface area contributed by atoms with Gasteiger partial charge in [-0.1, -0.05) is 48.6 Å². The van der Waals surface area contributed by atoms with Gasteiger partial charge in [0.05, 0.1) is 28.1 Å². The summed E-state index contributed by atoms with van der Waals surface area (Å²) in [6.07, 6.45) is 3.99. The number of carboxylic acid groups (broad SMARTS) is 3. The van der Waals surface area contributed by atoms with E-state index in [9.17, 15) is 19.2 Å². The molecule has 166 valence electrons. The number of hydrogen-bond acceptors (Lipinski definition) is 4. The molecule has 1 aliphatic rings. The van der Waals surface area contributed by atoms with Crippen LogP contribution in [0.25, 0.3) is 12.2 Å². The molecule has 1 aliphatic heterocycles. The summed E-state index contributed by atoms with van der Waals surface area (Å²) >= 11 is 0. The highest BCUT2D eigenvalue weighted by molar-refractivity contribution is 6.04. The van der Waals surface area contributed by atoms with E-state index in [-0.39, 0.29) is 16.7 Å². The van der Waals surface area contributed by atoms with Crippen LogP contribution in [0.4, 0.5) is 16.2 Å². The second-order valence-corrected chi connectivity index (χ2v) is 6.84. The Bertz CT molecular complexity index is 1170. The molecule has 0 aromatic heterocycles. The monoisotopic (exact) mass is 446 g/mol. The van der Waals surface area contributed by atoms with E-state index in [1.807, 2.05) is 60.7 Å². The molecule has 0 fully saturated rings. The van der Waals surface area contributed by atoms with Crippen LogP contribution in [-0.4, -0.2) is 39.3 Å². The molecule has 0 saturated carbocycles. The maximum Gasteiger partial charge on any atom is 0.335 e. The summed E-state index contributed by atoms with van der Waals surface area (Å²) in [5, 5.41) is 25.8. The smallest absolute Gasteiger partial charge is 0.335 e. The number of carbonyl (C=O) groups is 4. The number of primary amides is 1. The molecule has 0 radical (unpaired) electrons. The van der Waals surface area contributed by atoms with E-state index in [2.05, 4.69) is 0 Å². The molecule has 9 heteroatoms. The molecule has 0 atom stereocenters. The molecule has 3 aromatic rings. The zero-order chi connectivity index (χ0) is 24.1. The molecule has 2 amide bonds. The summed E-state index contributed by atoms with van der Waals surface area (Å²) in [6.45, 7) is 0. The predicted molar refractivity (Wildman–Crippen MR) is 121 cm³/mol. The molecule has 5 N–H and O–H groups in total. The van der Waals surface area contributed by atoms with Gasteiger partial charge in [-0.05, 0) is 41.5 Å². The Balaban J connectivity index is 0.000000190. The molecular formula is C24H18N2O7. The highest BCUT2D eigenvalue weighted by atomic mass is 16.4. The van der Waals surface area contributed by atoms with Gasteiger partial charge in [0.15, 0.2) is 0 Å². The number of benzene rings is 3. The lowest BCUT2D eigenvalue weighted by Gasteiger charge is -2.22. The lowest BCUT2D eigenvalue weighted by Crippen LogP contribution is -2.32. The largest absolute Gasteiger partial charge is 0.478 e. The first kappa shape index (κ1) is 22.8. The maximum atomic E-state index is 11.8. The minimum atomic E-state index is -1.37. The van der Waals surface area contributed by atoms with Gasteiger partial charge in [-0.3, -0.25) is 4.90 Å². The summed E-state index contributed by atoms with van der Waals surface area (Å²) in [5.41, 5.74) is 8.00. The van der Waals surface area contributed by atoms with E-state index in [4.69, 9.17) is 21.1 Å². The summed E-state index contributed by atoms with van der Waals surface area (Å²) in [7, 11) is 0. The van der Waals surface area contributed by atoms with Crippen LogP contribution in [0.2, 0.25) is 0 Å². The molecule has 0 aliphatic carbocycles. The van der Waals surface area contributed by atoms with Crippen molar-refractivity contribution >= 4 is 47.5 Å². The summed E-state index contributed by atoms with van der Waals surface area (Å²) in [4.78, 5) is 45.0. The van der Waals surface area contributed by atoms with Crippen LogP contribution in [0.5, 0.6) is 0 Å². The number of carboxylic acids is 3. The average Bonchev–Trinajstić information content (AvgIpc) is 2.96. The van der Waals surface area contributed by atoms with Gasteiger partial charge in [0, 0.05) is 0 Å². The average molecular weight is 446 g/mol. The van der Waals surface area contributed by atoms with E-state index < -0.39 is 23.9 Å². The Morgan fingerprint density at radius 3 is 1.24 bits per heavy atom. The van der Waals surface area contributed by atoms with Crippen LogP contribution in [-0.2, 0) is 0 Å². The first-order valence-electron chi connectivity index (χ1n) is 9.49. The standard InChI is InChI=1S/C15H12N2O.C9H6O6/c16-15(18)17-13-7-3-1-5-11(13)9-10-12-6-2-4-8-14(12)17;10-7(11)4-1-5(8(12)13)3-6(2-4)9(14)15/h1-10H,(H2,16,18);1-3H,(H,10,11)(H,12,13)(H,14,15). The number of amides is 2. The second-order valence-electron chi connectivity index (χ2n) is 6.84. The molecule has 0 unspecified atom stereocenters. The van der Waals surface area contributed by atoms with E-state index in [1.54, 1.807) is 4.90 Å². The van der Waals surface area contributed by atoms with Gasteiger partial charge in [0.1, 0.15) is 0 Å². The summed E-state index contributed by atoms with van der Waals surface area (Å²) in [6, 6.07) is 17.6. The normalized spacial score (nSPS) is 11.2. The van der Waals surface area contributed by atoms with Crippen LogP contribution in [0.1, 0.15) is 42.2 Å². The Kier molecular flexibility index (Phi) is 6.54. The number of urea groups is 1. The Hall–Kier alpha value is -4.92. The zero-order valence-corrected chi connectivity index (χ0v) is 17.0. The van der Waals surface area contributed by atoms with Crippen LogP contribution in [0, 0.1) is 0 Å². The van der Waals surface area contributed by atoms with Gasteiger partial charge in [-0.15, -0.1) is 0 Å². The van der Waals surface area contributed by atoms with Crippen molar-refractivity contribution < 1.29 is 34.5 Å². The lowest BCUT2D eigenvalue weighted by atomic mass is 10.1. The predicted octanol–water partition coefficient (Wildman–Crippen LogP) is 4.17. The molecule has 3 aromatic carbocycles. The topological polar surface area (TPSA) is 158 Å². The van der Waals surface area contributed by atoms with Crippen LogP contribution >= 0.6 is 0 Å². The third-order valence-corrected chi connectivity index (χ3v) is 4.69.